The van der Waals surface area contributed by atoms with Crippen molar-refractivity contribution < 1.29 is 0 Å². The van der Waals surface area contributed by atoms with Gasteiger partial charge in [0.05, 0.1) is 16.9 Å². The minimum absolute atomic E-state index is 0.148. The van der Waals surface area contributed by atoms with Crippen molar-refractivity contribution in [2.45, 2.75) is 33.1 Å². The molecule has 3 N–H and O–H groups in total. The topological polar surface area (TPSA) is 50.9 Å². The van der Waals surface area contributed by atoms with Crippen molar-refractivity contribution in [2.24, 2.45) is 5.84 Å². The Morgan fingerprint density at radius 2 is 1.88 bits per heavy atom. The fourth-order valence-corrected chi connectivity index (χ4v) is 1.89. The molecule has 3 nitrogen and oxygen atoms in total. The minimum Gasteiger partial charge on any atom is -0.322 e. The van der Waals surface area contributed by atoms with E-state index in [1.807, 2.05) is 13.0 Å². The quantitative estimate of drug-likeness (QED) is 0.583. The SMILES string of the molecule is Cc1nc2ccc(C(C)(C)C)cc2cc1NN. The lowest BCUT2D eigenvalue weighted by Crippen LogP contribution is -2.11. The lowest BCUT2D eigenvalue weighted by atomic mass is 9.86. The van der Waals surface area contributed by atoms with Gasteiger partial charge in [0.1, 0.15) is 0 Å². The Bertz CT molecular complexity index is 553. The molecule has 0 atom stereocenters. The monoisotopic (exact) mass is 229 g/mol. The van der Waals surface area contributed by atoms with Crippen LogP contribution in [0.5, 0.6) is 0 Å². The maximum absolute atomic E-state index is 5.48. The number of nitrogens with zero attached hydrogens (tertiary/aromatic N) is 1. The molecule has 1 aromatic carbocycles. The van der Waals surface area contributed by atoms with Gasteiger partial charge in [-0.1, -0.05) is 26.8 Å². The molecule has 17 heavy (non-hydrogen) atoms. The van der Waals surface area contributed by atoms with Crippen molar-refractivity contribution in [2.75, 3.05) is 5.43 Å². The van der Waals surface area contributed by atoms with Crippen LogP contribution in [0.2, 0.25) is 0 Å². The van der Waals surface area contributed by atoms with Crippen LogP contribution in [-0.4, -0.2) is 4.98 Å². The number of benzene rings is 1. The molecule has 0 spiro atoms. The fraction of sp³-hybridized carbons (Fsp3) is 0.357. The highest BCUT2D eigenvalue weighted by Gasteiger charge is 2.14. The van der Waals surface area contributed by atoms with Crippen LogP contribution in [0.25, 0.3) is 10.9 Å². The standard InChI is InChI=1S/C14H19N3/c1-9-13(17-15)8-10-7-11(14(2,3)4)5-6-12(10)16-9/h5-8,17H,15H2,1-4H3. The van der Waals surface area contributed by atoms with Crippen molar-refractivity contribution in [3.8, 4) is 0 Å². The Morgan fingerprint density at radius 3 is 2.47 bits per heavy atom. The molecule has 0 aliphatic rings. The Morgan fingerprint density at radius 1 is 1.18 bits per heavy atom. The summed E-state index contributed by atoms with van der Waals surface area (Å²) in [6.07, 6.45) is 0. The largest absolute Gasteiger partial charge is 0.322 e. The summed E-state index contributed by atoms with van der Waals surface area (Å²) in [5, 5.41) is 1.12. The predicted molar refractivity (Wildman–Crippen MR) is 73.0 cm³/mol. The first-order chi connectivity index (χ1) is 7.91. The number of hydrogen-bond acceptors (Lipinski definition) is 3. The molecule has 0 aliphatic carbocycles. The average Bonchev–Trinajstić information content (AvgIpc) is 2.26. The molecule has 3 heteroatoms. The van der Waals surface area contributed by atoms with Gasteiger partial charge in [0.15, 0.2) is 0 Å². The molecule has 2 rings (SSSR count). The number of rotatable bonds is 1. The summed E-state index contributed by atoms with van der Waals surface area (Å²) in [7, 11) is 0. The van der Waals surface area contributed by atoms with Gasteiger partial charge in [-0.2, -0.15) is 0 Å². The number of fused-ring (bicyclic) bond motifs is 1. The number of aromatic nitrogens is 1. The highest BCUT2D eigenvalue weighted by Crippen LogP contribution is 2.27. The zero-order chi connectivity index (χ0) is 12.6. The summed E-state index contributed by atoms with van der Waals surface area (Å²) in [5.41, 5.74) is 6.94. The number of aryl methyl sites for hydroxylation is 1. The second kappa shape index (κ2) is 4.00. The van der Waals surface area contributed by atoms with E-state index in [0.717, 1.165) is 22.3 Å². The normalized spacial score (nSPS) is 11.8. The molecular weight excluding hydrogens is 210 g/mol. The third kappa shape index (κ3) is 2.24. The molecule has 0 aliphatic heterocycles. The molecule has 1 heterocycles. The van der Waals surface area contributed by atoms with Crippen molar-refractivity contribution in [1.29, 1.82) is 0 Å². The highest BCUT2D eigenvalue weighted by atomic mass is 15.2. The van der Waals surface area contributed by atoms with Crippen LogP contribution in [0.4, 0.5) is 5.69 Å². The van der Waals surface area contributed by atoms with Crippen molar-refractivity contribution in [3.05, 3.63) is 35.5 Å². The third-order valence-corrected chi connectivity index (χ3v) is 3.03. The first-order valence-corrected chi connectivity index (χ1v) is 5.80. The number of nitrogens with one attached hydrogen (secondary N) is 1. The molecule has 0 saturated carbocycles. The van der Waals surface area contributed by atoms with Gasteiger partial charge in [-0.25, -0.2) is 0 Å². The summed E-state index contributed by atoms with van der Waals surface area (Å²) in [6, 6.07) is 8.45. The second-order valence-corrected chi connectivity index (χ2v) is 5.42. The average molecular weight is 229 g/mol. The first kappa shape index (κ1) is 11.9. The third-order valence-electron chi connectivity index (χ3n) is 3.03. The lowest BCUT2D eigenvalue weighted by molar-refractivity contribution is 0.591. The molecule has 90 valence electrons. The lowest BCUT2D eigenvalue weighted by Gasteiger charge is -2.19. The Hall–Kier alpha value is -1.61. The Balaban J connectivity index is 2.65. The molecule has 0 fully saturated rings. The van der Waals surface area contributed by atoms with E-state index in [2.05, 4.69) is 49.4 Å². The van der Waals surface area contributed by atoms with Gasteiger partial charge >= 0.3 is 0 Å². The van der Waals surface area contributed by atoms with Crippen molar-refractivity contribution >= 4 is 16.6 Å². The Kier molecular flexibility index (Phi) is 2.79. The number of nitrogen functional groups attached to an aromatic ring is 1. The molecule has 0 bridgehead atoms. The smallest absolute Gasteiger partial charge is 0.0707 e. The van der Waals surface area contributed by atoms with E-state index in [4.69, 9.17) is 5.84 Å². The van der Waals surface area contributed by atoms with Crippen LogP contribution in [0.1, 0.15) is 32.0 Å². The molecule has 2 aromatic rings. The van der Waals surface area contributed by atoms with E-state index < -0.39 is 0 Å². The summed E-state index contributed by atoms with van der Waals surface area (Å²) in [4.78, 5) is 4.53. The molecule has 0 saturated heterocycles. The summed E-state index contributed by atoms with van der Waals surface area (Å²) < 4.78 is 0. The zero-order valence-corrected chi connectivity index (χ0v) is 10.8. The molecule has 0 radical (unpaired) electrons. The van der Waals surface area contributed by atoms with E-state index >= 15 is 0 Å². The van der Waals surface area contributed by atoms with Crippen LogP contribution in [-0.2, 0) is 5.41 Å². The summed E-state index contributed by atoms with van der Waals surface area (Å²) >= 11 is 0. The van der Waals surface area contributed by atoms with Gasteiger partial charge in [-0.3, -0.25) is 10.8 Å². The van der Waals surface area contributed by atoms with Gasteiger partial charge in [0.25, 0.3) is 0 Å². The van der Waals surface area contributed by atoms with Crippen molar-refractivity contribution in [1.82, 2.24) is 4.98 Å². The van der Waals surface area contributed by atoms with E-state index in [1.54, 1.807) is 0 Å². The van der Waals surface area contributed by atoms with E-state index in [9.17, 15) is 0 Å². The maximum atomic E-state index is 5.48. The number of hydrazine groups is 1. The van der Waals surface area contributed by atoms with Gasteiger partial charge in [-0.15, -0.1) is 0 Å². The summed E-state index contributed by atoms with van der Waals surface area (Å²) in [5.74, 6) is 5.48. The first-order valence-electron chi connectivity index (χ1n) is 5.80. The molecule has 0 unspecified atom stereocenters. The van der Waals surface area contributed by atoms with E-state index in [1.165, 1.54) is 5.56 Å². The minimum atomic E-state index is 0.148. The van der Waals surface area contributed by atoms with Gasteiger partial charge in [-0.05, 0) is 36.1 Å². The molecule has 1 aromatic heterocycles. The predicted octanol–water partition coefficient (Wildman–Crippen LogP) is 3.13. The number of anilines is 1. The highest BCUT2D eigenvalue weighted by molar-refractivity contribution is 5.83. The second-order valence-electron chi connectivity index (χ2n) is 5.42. The number of hydrogen-bond donors (Lipinski definition) is 2. The van der Waals surface area contributed by atoms with Crippen LogP contribution >= 0.6 is 0 Å². The van der Waals surface area contributed by atoms with Crippen LogP contribution in [0, 0.1) is 6.92 Å². The zero-order valence-electron chi connectivity index (χ0n) is 10.8. The van der Waals surface area contributed by atoms with Crippen LogP contribution in [0.3, 0.4) is 0 Å². The van der Waals surface area contributed by atoms with Crippen LogP contribution < -0.4 is 11.3 Å². The number of nitrogens with two attached hydrogens (primary N) is 1. The van der Waals surface area contributed by atoms with Crippen LogP contribution in [0.15, 0.2) is 24.3 Å². The van der Waals surface area contributed by atoms with Gasteiger partial charge in [0.2, 0.25) is 0 Å². The molecule has 0 amide bonds. The van der Waals surface area contributed by atoms with E-state index in [-0.39, 0.29) is 5.41 Å². The van der Waals surface area contributed by atoms with E-state index in [0.29, 0.717) is 0 Å². The fourth-order valence-electron chi connectivity index (χ4n) is 1.89. The Labute approximate surface area is 102 Å². The van der Waals surface area contributed by atoms with Gasteiger partial charge in [0, 0.05) is 5.39 Å². The van der Waals surface area contributed by atoms with Crippen molar-refractivity contribution in [3.63, 3.8) is 0 Å². The van der Waals surface area contributed by atoms with Gasteiger partial charge < -0.3 is 5.43 Å². The summed E-state index contributed by atoms with van der Waals surface area (Å²) in [6.45, 7) is 8.57. The molecular formula is C14H19N3. The maximum Gasteiger partial charge on any atom is 0.0707 e. The number of pyridine rings is 1.